The monoisotopic (exact) mass is 420 g/mol. The van der Waals surface area contributed by atoms with Gasteiger partial charge in [-0.3, -0.25) is 15.5 Å². The second-order valence-electron chi connectivity index (χ2n) is 6.01. The van der Waals surface area contributed by atoms with Crippen LogP contribution in [0.15, 0.2) is 46.4 Å². The number of benzene rings is 2. The van der Waals surface area contributed by atoms with Crippen molar-refractivity contribution in [3.63, 3.8) is 0 Å². The van der Waals surface area contributed by atoms with Crippen molar-refractivity contribution in [2.24, 2.45) is 5.10 Å². The van der Waals surface area contributed by atoms with Crippen LogP contribution in [-0.4, -0.2) is 43.7 Å². The summed E-state index contributed by atoms with van der Waals surface area (Å²) in [5.41, 5.74) is 2.98. The van der Waals surface area contributed by atoms with Crippen LogP contribution in [0.4, 0.5) is 11.4 Å². The van der Waals surface area contributed by atoms with Crippen LogP contribution in [0.25, 0.3) is 0 Å². The van der Waals surface area contributed by atoms with E-state index in [1.54, 1.807) is 32.0 Å². The van der Waals surface area contributed by atoms with Crippen molar-refractivity contribution in [2.75, 3.05) is 25.3 Å². The number of hydrogen-bond acceptors (Lipinski definition) is 8. The van der Waals surface area contributed by atoms with Crippen molar-refractivity contribution in [1.29, 1.82) is 0 Å². The Labute approximate surface area is 167 Å². The maximum atomic E-state index is 12.6. The molecule has 2 aromatic carbocycles. The van der Waals surface area contributed by atoms with E-state index in [0.717, 1.165) is 6.07 Å². The van der Waals surface area contributed by atoms with Crippen LogP contribution in [0.1, 0.15) is 19.4 Å². The Balaban J connectivity index is 1.83. The molecule has 0 aliphatic carbocycles. The van der Waals surface area contributed by atoms with Crippen LogP contribution < -0.4 is 14.9 Å². The summed E-state index contributed by atoms with van der Waals surface area (Å²) in [6.07, 6.45) is 1.46. The topological polar surface area (TPSA) is 123 Å². The van der Waals surface area contributed by atoms with Crippen LogP contribution in [0.5, 0.6) is 11.5 Å². The van der Waals surface area contributed by atoms with Crippen LogP contribution in [0, 0.1) is 10.1 Å². The van der Waals surface area contributed by atoms with Crippen molar-refractivity contribution in [1.82, 2.24) is 4.31 Å². The first-order valence-corrected chi connectivity index (χ1v) is 10.3. The molecule has 0 aromatic heterocycles. The van der Waals surface area contributed by atoms with Gasteiger partial charge in [-0.1, -0.05) is 13.8 Å². The molecule has 1 aliphatic rings. The Kier molecular flexibility index (Phi) is 5.99. The first-order chi connectivity index (χ1) is 13.9. The molecule has 154 valence electrons. The van der Waals surface area contributed by atoms with E-state index in [9.17, 15) is 18.5 Å². The fourth-order valence-corrected chi connectivity index (χ4v) is 4.28. The molecular formula is C18H20N4O6S. The summed E-state index contributed by atoms with van der Waals surface area (Å²) in [4.78, 5) is 10.7. The predicted octanol–water partition coefficient (Wildman–Crippen LogP) is 2.80. The van der Waals surface area contributed by atoms with Gasteiger partial charge >= 0.3 is 0 Å². The molecule has 0 saturated carbocycles. The predicted molar refractivity (Wildman–Crippen MR) is 107 cm³/mol. The van der Waals surface area contributed by atoms with Gasteiger partial charge in [0.05, 0.1) is 16.0 Å². The molecule has 0 amide bonds. The summed E-state index contributed by atoms with van der Waals surface area (Å²) in [5, 5.41) is 15.4. The molecule has 1 heterocycles. The van der Waals surface area contributed by atoms with Gasteiger partial charge in [0.2, 0.25) is 16.8 Å². The van der Waals surface area contributed by atoms with Crippen molar-refractivity contribution < 1.29 is 22.8 Å². The molecule has 0 atom stereocenters. The quantitative estimate of drug-likeness (QED) is 0.396. The van der Waals surface area contributed by atoms with Gasteiger partial charge < -0.3 is 9.47 Å². The number of hydrazone groups is 1. The molecule has 0 spiro atoms. The molecule has 0 saturated heterocycles. The SMILES string of the molecule is CCN(CC)S(=O)(=O)c1ccc(N/N=C\c2ccc3c(c2)OCO3)c([N+](=O)[O-])c1. The molecule has 3 rings (SSSR count). The molecule has 11 heteroatoms. The third-order valence-electron chi connectivity index (χ3n) is 4.30. The zero-order valence-corrected chi connectivity index (χ0v) is 16.7. The Morgan fingerprint density at radius 3 is 2.59 bits per heavy atom. The van der Waals surface area contributed by atoms with E-state index in [-0.39, 0.29) is 36.2 Å². The van der Waals surface area contributed by atoms with Gasteiger partial charge in [0, 0.05) is 19.2 Å². The average Bonchev–Trinajstić information content (AvgIpc) is 3.16. The average molecular weight is 420 g/mol. The lowest BCUT2D eigenvalue weighted by atomic mass is 10.2. The lowest BCUT2D eigenvalue weighted by Gasteiger charge is -2.18. The minimum atomic E-state index is -3.81. The van der Waals surface area contributed by atoms with Crippen molar-refractivity contribution in [2.45, 2.75) is 18.7 Å². The number of hydrogen-bond donors (Lipinski definition) is 1. The van der Waals surface area contributed by atoms with Crippen molar-refractivity contribution in [3.8, 4) is 11.5 Å². The van der Waals surface area contributed by atoms with Gasteiger partial charge in [0.15, 0.2) is 11.5 Å². The van der Waals surface area contributed by atoms with E-state index in [1.807, 2.05) is 0 Å². The van der Waals surface area contributed by atoms with E-state index >= 15 is 0 Å². The summed E-state index contributed by atoms with van der Waals surface area (Å²) in [6.45, 7) is 4.11. The number of nitro benzene ring substituents is 1. The number of ether oxygens (including phenoxy) is 2. The highest BCUT2D eigenvalue weighted by atomic mass is 32.2. The Morgan fingerprint density at radius 1 is 1.17 bits per heavy atom. The summed E-state index contributed by atoms with van der Waals surface area (Å²) >= 11 is 0. The van der Waals surface area contributed by atoms with E-state index in [1.165, 1.54) is 22.7 Å². The largest absolute Gasteiger partial charge is 0.454 e. The second-order valence-corrected chi connectivity index (χ2v) is 7.95. The van der Waals surface area contributed by atoms with Crippen LogP contribution in [0.3, 0.4) is 0 Å². The van der Waals surface area contributed by atoms with Crippen LogP contribution >= 0.6 is 0 Å². The Morgan fingerprint density at radius 2 is 1.90 bits per heavy atom. The first kappa shape index (κ1) is 20.6. The van der Waals surface area contributed by atoms with Gasteiger partial charge in [-0.25, -0.2) is 8.42 Å². The van der Waals surface area contributed by atoms with Gasteiger partial charge in [-0.05, 0) is 35.9 Å². The molecule has 0 fully saturated rings. The molecule has 29 heavy (non-hydrogen) atoms. The fourth-order valence-electron chi connectivity index (χ4n) is 2.80. The Hall–Kier alpha value is -3.18. The van der Waals surface area contributed by atoms with E-state index in [0.29, 0.717) is 17.1 Å². The Bertz CT molecular complexity index is 1050. The van der Waals surface area contributed by atoms with Crippen LogP contribution in [0.2, 0.25) is 0 Å². The van der Waals surface area contributed by atoms with Crippen LogP contribution in [-0.2, 0) is 10.0 Å². The highest BCUT2D eigenvalue weighted by molar-refractivity contribution is 7.89. The molecule has 2 aromatic rings. The standard InChI is InChI=1S/C18H20N4O6S/c1-3-21(4-2)29(25,26)14-6-7-15(16(10-14)22(23)24)20-19-11-13-5-8-17-18(9-13)28-12-27-17/h5-11,20H,3-4,12H2,1-2H3/b19-11-. The minimum absolute atomic E-state index is 0.0745. The van der Waals surface area contributed by atoms with Gasteiger partial charge in [-0.2, -0.15) is 9.41 Å². The highest BCUT2D eigenvalue weighted by Crippen LogP contribution is 2.32. The van der Waals surface area contributed by atoms with Gasteiger partial charge in [0.25, 0.3) is 5.69 Å². The summed E-state index contributed by atoms with van der Waals surface area (Å²) < 4.78 is 37.0. The van der Waals surface area contributed by atoms with E-state index < -0.39 is 14.9 Å². The molecule has 0 bridgehead atoms. The fraction of sp³-hybridized carbons (Fsp3) is 0.278. The minimum Gasteiger partial charge on any atom is -0.454 e. The van der Waals surface area contributed by atoms with Crippen molar-refractivity contribution >= 4 is 27.6 Å². The maximum Gasteiger partial charge on any atom is 0.295 e. The normalized spacial score (nSPS) is 13.2. The molecule has 0 radical (unpaired) electrons. The molecule has 1 aliphatic heterocycles. The number of nitrogens with zero attached hydrogens (tertiary/aromatic N) is 3. The van der Waals surface area contributed by atoms with E-state index in [4.69, 9.17) is 9.47 Å². The number of nitrogens with one attached hydrogen (secondary N) is 1. The summed E-state index contributed by atoms with van der Waals surface area (Å²) in [7, 11) is -3.81. The third kappa shape index (κ3) is 4.30. The van der Waals surface area contributed by atoms with E-state index in [2.05, 4.69) is 10.5 Å². The number of rotatable bonds is 8. The summed E-state index contributed by atoms with van der Waals surface area (Å²) in [6, 6.07) is 8.89. The van der Waals surface area contributed by atoms with Gasteiger partial charge in [-0.15, -0.1) is 0 Å². The number of nitro groups is 1. The van der Waals surface area contributed by atoms with Crippen molar-refractivity contribution in [3.05, 3.63) is 52.1 Å². The molecule has 0 unspecified atom stereocenters. The maximum absolute atomic E-state index is 12.6. The number of fused-ring (bicyclic) bond motifs is 1. The smallest absolute Gasteiger partial charge is 0.295 e. The third-order valence-corrected chi connectivity index (χ3v) is 6.35. The lowest BCUT2D eigenvalue weighted by molar-refractivity contribution is -0.384. The zero-order chi connectivity index (χ0) is 21.0. The molecule has 10 nitrogen and oxygen atoms in total. The number of anilines is 1. The summed E-state index contributed by atoms with van der Waals surface area (Å²) in [5.74, 6) is 1.22. The highest BCUT2D eigenvalue weighted by Gasteiger charge is 2.25. The second kappa shape index (κ2) is 8.45. The lowest BCUT2D eigenvalue weighted by Crippen LogP contribution is -2.30. The zero-order valence-electron chi connectivity index (χ0n) is 15.9. The number of sulfonamides is 1. The first-order valence-electron chi connectivity index (χ1n) is 8.84. The molecule has 1 N–H and O–H groups in total. The van der Waals surface area contributed by atoms with Gasteiger partial charge in [0.1, 0.15) is 5.69 Å². The molecular weight excluding hydrogens is 400 g/mol.